The Morgan fingerprint density at radius 2 is 1.07 bits per heavy atom. The molecule has 0 fully saturated rings. The van der Waals surface area contributed by atoms with Gasteiger partial charge in [-0.2, -0.15) is 4.80 Å². The maximum Gasteiger partial charge on any atom is 0.134 e. The summed E-state index contributed by atoms with van der Waals surface area (Å²) in [5.41, 5.74) is 8.99. The Morgan fingerprint density at radius 3 is 1.76 bits per heavy atom. The number of nitrogens with zero attached hydrogens (tertiary/aromatic N) is 4. The molecule has 2 unspecified atom stereocenters. The molecule has 0 spiro atoms. The highest BCUT2D eigenvalue weighted by Gasteiger charge is 2.37. The molecule has 9 aromatic rings. The Kier molecular flexibility index (Phi) is 6.89. The van der Waals surface area contributed by atoms with Gasteiger partial charge in [-0.25, -0.2) is 0 Å². The van der Waals surface area contributed by atoms with Crippen LogP contribution in [0.5, 0.6) is 5.75 Å². The van der Waals surface area contributed by atoms with Crippen LogP contribution in [0.15, 0.2) is 192 Å². The lowest BCUT2D eigenvalue weighted by Gasteiger charge is -2.30. The van der Waals surface area contributed by atoms with Crippen molar-refractivity contribution in [2.75, 3.05) is 4.90 Å². The van der Waals surface area contributed by atoms with E-state index in [1.807, 2.05) is 54.6 Å². The molecule has 256 valence electrons. The maximum absolute atomic E-state index is 6.92. The van der Waals surface area contributed by atoms with Gasteiger partial charge in [0, 0.05) is 45.1 Å². The molecule has 6 nitrogen and oxygen atoms in total. The summed E-state index contributed by atoms with van der Waals surface area (Å²) in [6.45, 7) is 0. The number of ether oxygens (including phenoxy) is 1. The molecule has 11 rings (SSSR count). The Bertz CT molecular complexity index is 2890. The van der Waals surface area contributed by atoms with Gasteiger partial charge in [0.1, 0.15) is 34.4 Å². The number of hydrogen-bond acceptors (Lipinski definition) is 5. The van der Waals surface area contributed by atoms with E-state index in [-0.39, 0.29) is 12.0 Å². The predicted molar refractivity (Wildman–Crippen MR) is 216 cm³/mol. The van der Waals surface area contributed by atoms with Crippen LogP contribution in [0.2, 0.25) is 0 Å². The van der Waals surface area contributed by atoms with E-state index < -0.39 is 0 Å². The summed E-state index contributed by atoms with van der Waals surface area (Å²) in [6.07, 6.45) is 6.67. The molecule has 2 atom stereocenters. The normalized spacial score (nSPS) is 16.0. The van der Waals surface area contributed by atoms with Crippen LogP contribution >= 0.6 is 0 Å². The number of benzene rings is 7. The molecule has 2 aromatic heterocycles. The fraction of sp³-hybridized carbons (Fsp3) is 0.0417. The smallest absolute Gasteiger partial charge is 0.134 e. The van der Waals surface area contributed by atoms with Gasteiger partial charge in [-0.15, -0.1) is 10.2 Å². The molecule has 2 aliphatic rings. The first-order valence-electron chi connectivity index (χ1n) is 18.2. The van der Waals surface area contributed by atoms with Crippen molar-refractivity contribution in [3.05, 3.63) is 193 Å². The van der Waals surface area contributed by atoms with Crippen LogP contribution in [-0.2, 0) is 0 Å². The monoisotopic (exact) mass is 696 g/mol. The number of furan rings is 1. The SMILES string of the molecule is C1=CC2c3c(c4ccccc4c4ccccc34)OC2C=C1N(c1ccc(-c2ccc(-c3ccccc3)o2)cc1)c1ccc(-n2nc3ccccc3n2)cc1. The lowest BCUT2D eigenvalue weighted by atomic mass is 9.85. The van der Waals surface area contributed by atoms with E-state index >= 15 is 0 Å². The van der Waals surface area contributed by atoms with Gasteiger partial charge in [0.25, 0.3) is 0 Å². The molecule has 1 aliphatic heterocycles. The summed E-state index contributed by atoms with van der Waals surface area (Å²) in [6, 6.07) is 56.4. The zero-order chi connectivity index (χ0) is 35.6. The molecule has 6 heteroatoms. The maximum atomic E-state index is 6.92. The largest absolute Gasteiger partial charge is 0.484 e. The zero-order valence-electron chi connectivity index (χ0n) is 29.1. The molecule has 54 heavy (non-hydrogen) atoms. The third-order valence-electron chi connectivity index (χ3n) is 10.6. The highest BCUT2D eigenvalue weighted by molar-refractivity contribution is 6.13. The summed E-state index contributed by atoms with van der Waals surface area (Å²) < 4.78 is 13.2. The minimum absolute atomic E-state index is 0.0997. The van der Waals surface area contributed by atoms with Gasteiger partial charge in [-0.3, -0.25) is 0 Å². The quantitative estimate of drug-likeness (QED) is 0.162. The molecular formula is C48H32N4O2. The molecular weight excluding hydrogens is 665 g/mol. The minimum atomic E-state index is -0.157. The lowest BCUT2D eigenvalue weighted by Crippen LogP contribution is -2.24. The topological polar surface area (TPSA) is 56.3 Å². The van der Waals surface area contributed by atoms with E-state index in [1.54, 1.807) is 4.80 Å². The Balaban J connectivity index is 0.983. The molecule has 0 N–H and O–H groups in total. The van der Waals surface area contributed by atoms with Crippen molar-refractivity contribution in [3.63, 3.8) is 0 Å². The summed E-state index contributed by atoms with van der Waals surface area (Å²) in [5, 5.41) is 14.3. The van der Waals surface area contributed by atoms with Crippen LogP contribution in [0, 0.1) is 0 Å². The second kappa shape index (κ2) is 12.2. The van der Waals surface area contributed by atoms with E-state index in [4.69, 9.17) is 19.4 Å². The van der Waals surface area contributed by atoms with Crippen molar-refractivity contribution >= 4 is 44.0 Å². The standard InChI is InChI=1S/C48H32N4O2/c1-2-10-31(11-3-1)44-28-29-45(53-44)32-18-20-33(21-19-32)51(34-22-24-35(25-23-34)52-49-42-16-8-9-17-43(42)50-52)36-26-27-41-46(30-36)54-48-40-15-7-5-13-38(40)37-12-4-6-14-39(37)47(41)48/h1-30,41,46H. The van der Waals surface area contributed by atoms with Gasteiger partial charge >= 0.3 is 0 Å². The highest BCUT2D eigenvalue weighted by atomic mass is 16.5. The van der Waals surface area contributed by atoms with Gasteiger partial charge in [0.05, 0.1) is 5.69 Å². The highest BCUT2D eigenvalue weighted by Crippen LogP contribution is 2.51. The van der Waals surface area contributed by atoms with Gasteiger partial charge in [0.15, 0.2) is 0 Å². The van der Waals surface area contributed by atoms with Crippen LogP contribution < -0.4 is 9.64 Å². The molecule has 0 saturated carbocycles. The number of fused-ring (bicyclic) bond motifs is 9. The third kappa shape index (κ3) is 4.95. The van der Waals surface area contributed by atoms with Crippen LogP contribution in [0.3, 0.4) is 0 Å². The van der Waals surface area contributed by atoms with Crippen LogP contribution in [0.1, 0.15) is 11.5 Å². The lowest BCUT2D eigenvalue weighted by molar-refractivity contribution is 0.270. The first-order valence-corrected chi connectivity index (χ1v) is 18.2. The van der Waals surface area contributed by atoms with Crippen molar-refractivity contribution < 1.29 is 9.15 Å². The van der Waals surface area contributed by atoms with Crippen molar-refractivity contribution in [3.8, 4) is 34.1 Å². The van der Waals surface area contributed by atoms with Gasteiger partial charge in [-0.1, -0.05) is 97.1 Å². The molecule has 0 radical (unpaired) electrons. The molecule has 0 bridgehead atoms. The summed E-state index contributed by atoms with van der Waals surface area (Å²) in [4.78, 5) is 3.98. The number of anilines is 2. The first kappa shape index (κ1) is 30.4. The number of rotatable bonds is 6. The molecule has 0 amide bonds. The first-order chi connectivity index (χ1) is 26.7. The number of hydrogen-bond donors (Lipinski definition) is 0. The predicted octanol–water partition coefficient (Wildman–Crippen LogP) is 11.8. The van der Waals surface area contributed by atoms with Crippen LogP contribution in [-0.4, -0.2) is 21.1 Å². The van der Waals surface area contributed by atoms with E-state index in [1.165, 1.54) is 21.7 Å². The summed E-state index contributed by atoms with van der Waals surface area (Å²) in [7, 11) is 0. The Labute approximate surface area is 311 Å². The summed E-state index contributed by atoms with van der Waals surface area (Å²) in [5.74, 6) is 2.75. The van der Waals surface area contributed by atoms with Crippen LogP contribution in [0.4, 0.5) is 11.4 Å². The van der Waals surface area contributed by atoms with Crippen molar-refractivity contribution in [1.29, 1.82) is 0 Å². The Morgan fingerprint density at radius 1 is 0.519 bits per heavy atom. The minimum Gasteiger partial charge on any atom is -0.484 e. The average molecular weight is 697 g/mol. The van der Waals surface area contributed by atoms with Crippen LogP contribution in [0.25, 0.3) is 60.9 Å². The summed E-state index contributed by atoms with van der Waals surface area (Å²) >= 11 is 0. The number of aromatic nitrogens is 3. The fourth-order valence-electron chi connectivity index (χ4n) is 8.07. The molecule has 7 aromatic carbocycles. The second-order valence-corrected chi connectivity index (χ2v) is 13.8. The van der Waals surface area contributed by atoms with E-state index in [2.05, 4.69) is 132 Å². The van der Waals surface area contributed by atoms with Crippen molar-refractivity contribution in [1.82, 2.24) is 15.0 Å². The van der Waals surface area contributed by atoms with E-state index in [0.717, 1.165) is 67.6 Å². The third-order valence-corrected chi connectivity index (χ3v) is 10.6. The van der Waals surface area contributed by atoms with Gasteiger partial charge in [-0.05, 0) is 101 Å². The number of allylic oxidation sites excluding steroid dienone is 1. The van der Waals surface area contributed by atoms with Gasteiger partial charge in [0.2, 0.25) is 0 Å². The van der Waals surface area contributed by atoms with E-state index in [0.29, 0.717) is 0 Å². The van der Waals surface area contributed by atoms with Crippen molar-refractivity contribution in [2.24, 2.45) is 0 Å². The fourth-order valence-corrected chi connectivity index (χ4v) is 8.07. The molecule has 0 saturated heterocycles. The van der Waals surface area contributed by atoms with Gasteiger partial charge < -0.3 is 14.1 Å². The van der Waals surface area contributed by atoms with Crippen molar-refractivity contribution in [2.45, 2.75) is 12.0 Å². The second-order valence-electron chi connectivity index (χ2n) is 13.8. The van der Waals surface area contributed by atoms with E-state index in [9.17, 15) is 0 Å². The average Bonchev–Trinajstić information content (AvgIpc) is 4.00. The zero-order valence-corrected chi connectivity index (χ0v) is 29.1. The Hall–Kier alpha value is -7.18. The molecule has 1 aliphatic carbocycles. The molecule has 3 heterocycles.